The van der Waals surface area contributed by atoms with E-state index in [1.165, 1.54) is 18.1 Å². The van der Waals surface area contributed by atoms with Crippen molar-refractivity contribution in [3.8, 4) is 34.5 Å². The monoisotopic (exact) mass is 878 g/mol. The van der Waals surface area contributed by atoms with Crippen molar-refractivity contribution in [1.29, 1.82) is 0 Å². The minimum Gasteiger partial charge on any atom is -0.468 e. The Bertz CT molecular complexity index is 2400. The molecule has 0 saturated carbocycles. The van der Waals surface area contributed by atoms with Gasteiger partial charge >= 0.3 is 12.1 Å². The molecule has 11 nitrogen and oxygen atoms in total. The predicted molar refractivity (Wildman–Crippen MR) is 233 cm³/mol. The first-order valence-electron chi connectivity index (χ1n) is 21.3. The third kappa shape index (κ3) is 7.55. The lowest BCUT2D eigenvalue weighted by atomic mass is 9.95. The highest BCUT2D eigenvalue weighted by Crippen LogP contribution is 2.45. The number of fused-ring (bicyclic) bond motifs is 5. The number of ether oxygens (including phenoxy) is 3. The van der Waals surface area contributed by atoms with Crippen LogP contribution in [-0.2, 0) is 4.74 Å². The number of pyridine rings is 1. The van der Waals surface area contributed by atoms with Crippen molar-refractivity contribution < 1.29 is 37.3 Å². The molecular weight excluding hydrogens is 825 g/mol. The molecule has 0 aliphatic carbocycles. The van der Waals surface area contributed by atoms with Crippen molar-refractivity contribution in [2.75, 3.05) is 51.6 Å². The van der Waals surface area contributed by atoms with Gasteiger partial charge in [0.05, 0.1) is 28.6 Å². The molecule has 1 amide bonds. The van der Waals surface area contributed by atoms with Crippen LogP contribution >= 0.6 is 11.6 Å². The Morgan fingerprint density at radius 1 is 1.00 bits per heavy atom. The molecule has 0 spiro atoms. The molecule has 4 atom stereocenters. The number of hydrogen-bond donors (Lipinski definition) is 1. The smallest absolute Gasteiger partial charge is 0.407 e. The maximum absolute atomic E-state index is 17.8. The molecule has 4 aliphatic heterocycles. The molecule has 0 unspecified atom stereocenters. The molecule has 1 N–H and O–H groups in total. The number of nitrogens with zero attached hydrogens (tertiary/aromatic N) is 6. The third-order valence-electron chi connectivity index (χ3n) is 13.8. The predicted octanol–water partition coefficient (Wildman–Crippen LogP) is 9.61. The number of carbonyl (C=O) groups is 1. The first-order chi connectivity index (χ1) is 29.1. The normalized spacial score (nSPS) is 22.8. The van der Waals surface area contributed by atoms with Gasteiger partial charge in [0.2, 0.25) is 0 Å². The van der Waals surface area contributed by atoms with E-state index in [1.807, 2.05) is 4.90 Å². The van der Waals surface area contributed by atoms with E-state index in [9.17, 15) is 14.3 Å². The van der Waals surface area contributed by atoms with Gasteiger partial charge in [0.25, 0.3) is 0 Å². The summed E-state index contributed by atoms with van der Waals surface area (Å²) in [7, 11) is -0.866. The molecule has 61 heavy (non-hydrogen) atoms. The van der Waals surface area contributed by atoms with Gasteiger partial charge < -0.3 is 24.2 Å². The zero-order chi connectivity index (χ0) is 43.5. The second-order valence-corrected chi connectivity index (χ2v) is 24.1. The number of carboxylic acid groups (broad SMARTS) is 1. The fourth-order valence-electron chi connectivity index (χ4n) is 11.1. The Hall–Kier alpha value is -4.36. The highest BCUT2D eigenvalue weighted by atomic mass is 35.5. The number of methoxy groups -OCH3 is 1. The number of hydrogen-bond acceptors (Lipinski definition) is 9. The largest absolute Gasteiger partial charge is 0.468 e. The number of aromatic nitrogens is 3. The van der Waals surface area contributed by atoms with Crippen molar-refractivity contribution in [2.45, 2.75) is 114 Å². The fraction of sp³-hybridized carbons (Fsp3) is 0.556. The van der Waals surface area contributed by atoms with E-state index < -0.39 is 37.5 Å². The highest BCUT2D eigenvalue weighted by molar-refractivity contribution is 6.90. The first-order valence-corrected chi connectivity index (χ1v) is 24.0. The van der Waals surface area contributed by atoms with Crippen LogP contribution in [0.25, 0.3) is 32.9 Å². The number of anilines is 1. The number of benzene rings is 2. The van der Waals surface area contributed by atoms with Gasteiger partial charge in [-0.25, -0.2) is 22.9 Å². The molecule has 4 aliphatic rings. The minimum absolute atomic E-state index is 0.0997. The van der Waals surface area contributed by atoms with Crippen molar-refractivity contribution in [2.24, 2.45) is 0 Å². The van der Waals surface area contributed by atoms with E-state index in [-0.39, 0.29) is 99.9 Å². The van der Waals surface area contributed by atoms with Crippen molar-refractivity contribution in [3.63, 3.8) is 0 Å². The third-order valence-corrected chi connectivity index (χ3v) is 20.4. The van der Waals surface area contributed by atoms with Gasteiger partial charge in [0, 0.05) is 44.1 Å². The molecule has 0 radical (unpaired) electrons. The summed E-state index contributed by atoms with van der Waals surface area (Å²) in [6, 6.07) is 5.53. The lowest BCUT2D eigenvalue weighted by Crippen LogP contribution is -2.55. The average molecular weight is 879 g/mol. The second-order valence-electron chi connectivity index (χ2n) is 18.2. The van der Waals surface area contributed by atoms with Gasteiger partial charge in [-0.3, -0.25) is 9.80 Å². The van der Waals surface area contributed by atoms with Crippen LogP contribution in [0.3, 0.4) is 0 Å². The lowest BCUT2D eigenvalue weighted by molar-refractivity contribution is 0.0512. The summed E-state index contributed by atoms with van der Waals surface area (Å²) < 4.78 is 66.4. The van der Waals surface area contributed by atoms with Crippen molar-refractivity contribution in [1.82, 2.24) is 24.8 Å². The molecule has 326 valence electrons. The fourth-order valence-corrected chi connectivity index (χ4v) is 16.6. The SMILES string of the molecule is COCOc1cc(-c2nc(Cl)c3c(N4C[C@H]5CC[C@@H](C4)N5C(=O)O)nc(OC[C@@]45CCCN4C[C@H](F)C5)nc3c2F)c2c(C#C[Si](C(C)C)(C(C)C)C(C)C)c(F)ccc2c1. The minimum atomic E-state index is -2.35. The summed E-state index contributed by atoms with van der Waals surface area (Å²) in [4.78, 5) is 31.9. The maximum Gasteiger partial charge on any atom is 0.407 e. The van der Waals surface area contributed by atoms with Gasteiger partial charge in [-0.1, -0.05) is 65.1 Å². The molecule has 4 aromatic rings. The van der Waals surface area contributed by atoms with Crippen LogP contribution in [0, 0.1) is 23.1 Å². The van der Waals surface area contributed by atoms with E-state index in [2.05, 4.69) is 62.9 Å². The molecule has 4 saturated heterocycles. The first kappa shape index (κ1) is 43.3. The van der Waals surface area contributed by atoms with Crippen LogP contribution < -0.4 is 14.4 Å². The second kappa shape index (κ2) is 16.7. The van der Waals surface area contributed by atoms with Crippen LogP contribution in [0.15, 0.2) is 24.3 Å². The van der Waals surface area contributed by atoms with E-state index in [4.69, 9.17) is 35.8 Å². The molecule has 8 rings (SSSR count). The Balaban J connectivity index is 1.34. The van der Waals surface area contributed by atoms with Gasteiger partial charge in [0.1, 0.15) is 54.6 Å². The summed E-state index contributed by atoms with van der Waals surface area (Å²) in [5, 5.41) is 10.9. The Morgan fingerprint density at radius 3 is 2.36 bits per heavy atom. The van der Waals surface area contributed by atoms with Gasteiger partial charge in [-0.2, -0.15) is 9.97 Å². The van der Waals surface area contributed by atoms with Gasteiger partial charge in [-0.15, -0.1) is 5.54 Å². The molecule has 4 fully saturated rings. The van der Waals surface area contributed by atoms with Crippen LogP contribution in [0.5, 0.6) is 11.8 Å². The van der Waals surface area contributed by atoms with Crippen LogP contribution in [-0.4, -0.2) is 115 Å². The molecule has 16 heteroatoms. The van der Waals surface area contributed by atoms with Crippen LogP contribution in [0.4, 0.5) is 23.8 Å². The number of amides is 1. The molecular formula is C45H54ClF3N6O5Si. The van der Waals surface area contributed by atoms with E-state index in [1.54, 1.807) is 18.2 Å². The molecule has 6 heterocycles. The number of piperazine rings is 1. The Labute approximate surface area is 360 Å². The van der Waals surface area contributed by atoms with Crippen molar-refractivity contribution in [3.05, 3.63) is 46.6 Å². The van der Waals surface area contributed by atoms with Crippen LogP contribution in [0.2, 0.25) is 21.8 Å². The Kier molecular flexibility index (Phi) is 11.9. The lowest BCUT2D eigenvalue weighted by Gasteiger charge is -2.40. The summed E-state index contributed by atoms with van der Waals surface area (Å²) in [6.07, 6.45) is 1.32. The molecule has 2 aromatic heterocycles. The van der Waals surface area contributed by atoms with Gasteiger partial charge in [-0.05, 0) is 72.4 Å². The average Bonchev–Trinajstić information content (AvgIpc) is 3.84. The maximum atomic E-state index is 17.8. The van der Waals surface area contributed by atoms with E-state index in [0.29, 0.717) is 42.3 Å². The zero-order valence-electron chi connectivity index (χ0n) is 35.8. The van der Waals surface area contributed by atoms with Crippen molar-refractivity contribution >= 4 is 53.3 Å². The topological polar surface area (TPSA) is 113 Å². The summed E-state index contributed by atoms with van der Waals surface area (Å²) >= 11 is 7.14. The highest BCUT2D eigenvalue weighted by Gasteiger charge is 2.50. The van der Waals surface area contributed by atoms with Gasteiger partial charge in [0.15, 0.2) is 12.6 Å². The number of alkyl halides is 1. The standard InChI is InChI=1S/C45H54ClF3N6O5Si/c1-25(2)61(26(3)4,27(5)6)16-13-33-35(48)12-9-28-17-32(60-24-58-7)18-34(36(28)33)39-38(49)40-37(41(46)50-39)42(53-21-30-10-11-31(22-53)55(30)44(56)57)52-43(51-40)59-23-45-14-8-15-54(45)20-29(47)19-45/h9,12,17-18,25-27,29-31H,8,10-11,14-15,19-24H2,1-7H3,(H,56,57)/t29-,30-,31+,45+/m1/s1. The summed E-state index contributed by atoms with van der Waals surface area (Å²) in [5.41, 5.74) is 3.87. The van der Waals surface area contributed by atoms with E-state index >= 15 is 8.78 Å². The quantitative estimate of drug-likeness (QED) is 0.0677. The number of rotatable bonds is 11. The van der Waals surface area contributed by atoms with E-state index in [0.717, 1.165) is 19.4 Å². The Morgan fingerprint density at radius 2 is 1.70 bits per heavy atom. The zero-order valence-corrected chi connectivity index (χ0v) is 37.6. The van der Waals surface area contributed by atoms with Crippen LogP contribution in [0.1, 0.15) is 79.2 Å². The molecule has 2 aromatic carbocycles. The number of halogens is 4. The summed E-state index contributed by atoms with van der Waals surface area (Å²) in [6.45, 7) is 14.7. The summed E-state index contributed by atoms with van der Waals surface area (Å²) in [5.74, 6) is 2.47. The molecule has 2 bridgehead atoms.